The molecule has 3 N–H and O–H groups in total. The molecule has 0 amide bonds. The zero-order valence-corrected chi connectivity index (χ0v) is 29.0. The highest BCUT2D eigenvalue weighted by molar-refractivity contribution is 5.96. The van der Waals surface area contributed by atoms with Crippen molar-refractivity contribution in [2.45, 2.75) is 91.1 Å². The normalized spacial score (nSPS) is 29.1. The van der Waals surface area contributed by atoms with Gasteiger partial charge in [0.15, 0.2) is 5.96 Å². The first-order valence-corrected chi connectivity index (χ1v) is 18.1. The second-order valence-corrected chi connectivity index (χ2v) is 15.5. The lowest BCUT2D eigenvalue weighted by molar-refractivity contribution is -0.108. The third kappa shape index (κ3) is 6.76. The number of aliphatic hydroxyl groups is 1. The van der Waals surface area contributed by atoms with Gasteiger partial charge in [0.2, 0.25) is 0 Å². The number of guanidine groups is 1. The first kappa shape index (κ1) is 33.2. The molecule has 2 aliphatic heterocycles. The number of nitrogens with one attached hydrogen (secondary N) is 2. The van der Waals surface area contributed by atoms with E-state index >= 15 is 0 Å². The minimum absolute atomic E-state index is 0.0797. The van der Waals surface area contributed by atoms with Gasteiger partial charge in [-0.25, -0.2) is 14.4 Å². The smallest absolute Gasteiger partial charge is 0.261 e. The average molecular weight is 658 g/mol. The van der Waals surface area contributed by atoms with Crippen LogP contribution in [0.3, 0.4) is 0 Å². The Balaban J connectivity index is 1.20. The van der Waals surface area contributed by atoms with E-state index in [4.69, 9.17) is 9.98 Å². The molecule has 2 saturated heterocycles. The van der Waals surface area contributed by atoms with E-state index in [1.165, 1.54) is 18.6 Å². The van der Waals surface area contributed by atoms with E-state index < -0.39 is 0 Å². The molecule has 0 radical (unpaired) electrons. The summed E-state index contributed by atoms with van der Waals surface area (Å²) in [6.45, 7) is 14.5. The van der Waals surface area contributed by atoms with Crippen molar-refractivity contribution in [1.82, 2.24) is 24.7 Å². The van der Waals surface area contributed by atoms with E-state index in [-0.39, 0.29) is 23.5 Å². The molecule has 0 spiro atoms. The van der Waals surface area contributed by atoms with E-state index in [9.17, 15) is 14.3 Å². The maximum atomic E-state index is 14.1. The summed E-state index contributed by atoms with van der Waals surface area (Å²) in [4.78, 5) is 29.2. The Bertz CT molecular complexity index is 1710. The van der Waals surface area contributed by atoms with Gasteiger partial charge in [0.25, 0.3) is 5.56 Å². The van der Waals surface area contributed by atoms with Crippen LogP contribution in [-0.2, 0) is 19.5 Å². The van der Waals surface area contributed by atoms with E-state index in [0.29, 0.717) is 66.1 Å². The molecule has 8 rings (SSSR count). The van der Waals surface area contributed by atoms with Gasteiger partial charge in [0, 0.05) is 44.5 Å². The second kappa shape index (κ2) is 13.5. The summed E-state index contributed by atoms with van der Waals surface area (Å²) < 4.78 is 15.3. The van der Waals surface area contributed by atoms with Crippen molar-refractivity contribution in [3.05, 3.63) is 70.0 Å². The number of fused-ring (bicyclic) bond motifs is 3. The van der Waals surface area contributed by atoms with Gasteiger partial charge in [0.05, 0.1) is 29.6 Å². The third-order valence-electron chi connectivity index (χ3n) is 11.9. The van der Waals surface area contributed by atoms with Crippen molar-refractivity contribution in [3.8, 4) is 0 Å². The standard InChI is InChI=1S/C38H52FN7O2/c1-24-21-45(17-14-40-24)37(43-33-19-27-18-32(25(33)2)38(27,3)4)41-29-11-12-31-34(20-29)42-35(23-44-15-5-6-30(47)22-44)46(36(31)48)16-13-26-7-9-28(39)10-8-26/h7-12,20,24-25,27,30,32-33,40,47H,5-6,13-19,21-23H2,1-4H3,(H,41,43)/t24-,25-,27-,30?,32+,33-/m0/s1. The molecule has 48 heavy (non-hydrogen) atoms. The van der Waals surface area contributed by atoms with Crippen molar-refractivity contribution < 1.29 is 9.50 Å². The van der Waals surface area contributed by atoms with Crippen LogP contribution >= 0.6 is 0 Å². The lowest BCUT2D eigenvalue weighted by atomic mass is 9.45. The number of halogens is 1. The number of rotatable bonds is 7. The summed E-state index contributed by atoms with van der Waals surface area (Å²) in [6, 6.07) is 12.9. The van der Waals surface area contributed by atoms with Crippen molar-refractivity contribution in [1.29, 1.82) is 0 Å². The maximum absolute atomic E-state index is 14.1. The summed E-state index contributed by atoms with van der Waals surface area (Å²) in [6.07, 6.45) is 4.37. The van der Waals surface area contributed by atoms with Gasteiger partial charge in [-0.1, -0.05) is 32.9 Å². The average Bonchev–Trinajstić information content (AvgIpc) is 3.05. The highest BCUT2D eigenvalue weighted by Crippen LogP contribution is 2.61. The number of anilines is 1. The largest absolute Gasteiger partial charge is 0.392 e. The molecule has 1 unspecified atom stereocenters. The van der Waals surface area contributed by atoms with Crippen LogP contribution in [0.5, 0.6) is 0 Å². The van der Waals surface area contributed by atoms with Crippen molar-refractivity contribution >= 4 is 22.5 Å². The van der Waals surface area contributed by atoms with Crippen molar-refractivity contribution in [2.24, 2.45) is 28.2 Å². The number of aliphatic imine (C=N–C) groups is 1. The van der Waals surface area contributed by atoms with Gasteiger partial charge in [-0.15, -0.1) is 0 Å². The molecular formula is C38H52FN7O2. The summed E-state index contributed by atoms with van der Waals surface area (Å²) in [5, 5.41) is 18.2. The number of hydrogen-bond acceptors (Lipinski definition) is 6. The molecule has 10 heteroatoms. The molecule has 258 valence electrons. The zero-order valence-electron chi connectivity index (χ0n) is 29.0. The Morgan fingerprint density at radius 1 is 1.12 bits per heavy atom. The van der Waals surface area contributed by atoms with Crippen LogP contribution in [0.25, 0.3) is 10.9 Å². The van der Waals surface area contributed by atoms with E-state index in [1.807, 2.05) is 18.2 Å². The molecule has 3 aromatic rings. The molecular weight excluding hydrogens is 605 g/mol. The van der Waals surface area contributed by atoms with Crippen LogP contribution in [0.15, 0.2) is 52.3 Å². The maximum Gasteiger partial charge on any atom is 0.261 e. The molecule has 3 heterocycles. The predicted molar refractivity (Wildman–Crippen MR) is 190 cm³/mol. The van der Waals surface area contributed by atoms with Gasteiger partial charge < -0.3 is 20.6 Å². The zero-order chi connectivity index (χ0) is 33.6. The first-order valence-electron chi connectivity index (χ1n) is 18.1. The SMILES string of the molecule is C[C@@H]1[C@@H](N=C(Nc2ccc3c(=O)n(CCc4ccc(F)cc4)c(CN4CCCC(O)C4)nc3c2)N2CCN[C@@H](C)C2)C[C@@H]2C[C@H]1C2(C)C. The van der Waals surface area contributed by atoms with Crippen LogP contribution in [0, 0.1) is 29.0 Å². The third-order valence-corrected chi connectivity index (χ3v) is 11.9. The monoisotopic (exact) mass is 657 g/mol. The number of aliphatic hydroxyl groups excluding tert-OH is 1. The number of piperazine rings is 1. The van der Waals surface area contributed by atoms with Crippen molar-refractivity contribution in [2.75, 3.05) is 38.0 Å². The van der Waals surface area contributed by atoms with Crippen LogP contribution in [-0.4, -0.2) is 81.3 Å². The van der Waals surface area contributed by atoms with Gasteiger partial charge in [-0.05, 0) is 105 Å². The molecule has 3 saturated carbocycles. The molecule has 3 aliphatic carbocycles. The minimum Gasteiger partial charge on any atom is -0.392 e. The Morgan fingerprint density at radius 2 is 1.94 bits per heavy atom. The number of aryl methyl sites for hydroxylation is 1. The van der Waals surface area contributed by atoms with Crippen LogP contribution < -0.4 is 16.2 Å². The molecule has 9 nitrogen and oxygen atoms in total. The summed E-state index contributed by atoms with van der Waals surface area (Å²) in [5.74, 6) is 3.29. The summed E-state index contributed by atoms with van der Waals surface area (Å²) in [5.41, 5.74) is 2.81. The Kier molecular flexibility index (Phi) is 9.34. The van der Waals surface area contributed by atoms with Gasteiger partial charge >= 0.3 is 0 Å². The second-order valence-electron chi connectivity index (χ2n) is 15.5. The van der Waals surface area contributed by atoms with E-state index in [2.05, 4.69) is 48.1 Å². The minimum atomic E-state index is -0.372. The molecule has 6 atom stereocenters. The van der Waals surface area contributed by atoms with Gasteiger partial charge in [-0.3, -0.25) is 14.3 Å². The lowest BCUT2D eigenvalue weighted by Gasteiger charge is -2.61. The van der Waals surface area contributed by atoms with Gasteiger partial charge in [-0.2, -0.15) is 0 Å². The highest BCUT2D eigenvalue weighted by Gasteiger charge is 2.56. The number of nitrogens with zero attached hydrogens (tertiary/aromatic N) is 5. The first-order chi connectivity index (χ1) is 23.0. The Labute approximate surface area is 283 Å². The van der Waals surface area contributed by atoms with Crippen LogP contribution in [0.4, 0.5) is 10.1 Å². The number of likely N-dealkylation sites (tertiary alicyclic amines) is 1. The fraction of sp³-hybridized carbons (Fsp3) is 0.605. The molecule has 1 aromatic heterocycles. The van der Waals surface area contributed by atoms with E-state index in [1.54, 1.807) is 16.7 Å². The number of piperidine rings is 1. The van der Waals surface area contributed by atoms with Crippen LogP contribution in [0.2, 0.25) is 0 Å². The quantitative estimate of drug-likeness (QED) is 0.247. The summed E-state index contributed by atoms with van der Waals surface area (Å²) >= 11 is 0. The van der Waals surface area contributed by atoms with Gasteiger partial charge in [0.1, 0.15) is 11.6 Å². The Morgan fingerprint density at radius 3 is 2.67 bits per heavy atom. The molecule has 2 aromatic carbocycles. The number of benzene rings is 2. The molecule has 5 aliphatic rings. The number of aromatic nitrogens is 2. The lowest BCUT2D eigenvalue weighted by Crippen LogP contribution is -2.57. The molecule has 5 fully saturated rings. The fourth-order valence-electron chi connectivity index (χ4n) is 8.86. The van der Waals surface area contributed by atoms with E-state index in [0.717, 1.165) is 68.6 Å². The van der Waals surface area contributed by atoms with Crippen LogP contribution in [0.1, 0.15) is 64.8 Å². The predicted octanol–water partition coefficient (Wildman–Crippen LogP) is 4.87. The molecule has 2 bridgehead atoms. The topological polar surface area (TPSA) is 98.0 Å². The fourth-order valence-corrected chi connectivity index (χ4v) is 8.86. The highest BCUT2D eigenvalue weighted by atomic mass is 19.1. The number of β-amino-alcohol motifs (C(OH)–C–C–N with tert-alkyl or cyclic N) is 1. The summed E-state index contributed by atoms with van der Waals surface area (Å²) in [7, 11) is 0. The van der Waals surface area contributed by atoms with Crippen molar-refractivity contribution in [3.63, 3.8) is 0 Å². The Hall–Kier alpha value is -3.34. The number of hydrogen-bond donors (Lipinski definition) is 3.